The van der Waals surface area contributed by atoms with E-state index in [1.165, 1.54) is 0 Å². The Balaban J connectivity index is 1.62. The number of amides is 1. The Labute approximate surface area is 151 Å². The van der Waals surface area contributed by atoms with Gasteiger partial charge in [-0.2, -0.15) is 4.98 Å². The molecule has 134 valence electrons. The molecule has 0 saturated heterocycles. The van der Waals surface area contributed by atoms with Crippen molar-refractivity contribution < 1.29 is 14.4 Å². The lowest BCUT2D eigenvalue weighted by atomic mass is 10.1. The third-order valence-corrected chi connectivity index (χ3v) is 3.90. The minimum atomic E-state index is -0.805. The monoisotopic (exact) mass is 352 g/mol. The molecule has 7 heteroatoms. The number of rotatable bonds is 6. The molecule has 0 saturated carbocycles. The second-order valence-corrected chi connectivity index (χ2v) is 6.00. The van der Waals surface area contributed by atoms with Gasteiger partial charge in [-0.05, 0) is 29.8 Å². The van der Waals surface area contributed by atoms with E-state index in [-0.39, 0.29) is 12.4 Å². The number of aliphatic hydroxyl groups is 1. The highest BCUT2D eigenvalue weighted by atomic mass is 16.5. The van der Waals surface area contributed by atoms with Crippen LogP contribution in [0.2, 0.25) is 0 Å². The molecule has 0 aliphatic carbocycles. The van der Waals surface area contributed by atoms with Crippen molar-refractivity contribution in [3.63, 3.8) is 0 Å². The molecule has 0 fully saturated rings. The van der Waals surface area contributed by atoms with Crippen molar-refractivity contribution in [1.82, 2.24) is 15.5 Å². The summed E-state index contributed by atoms with van der Waals surface area (Å²) in [5.41, 5.74) is 2.52. The SMILES string of the molecule is CN(C)c1ccc(-c2noc(C(=O)NCC(O)c3ccccc3)n2)cc1. The highest BCUT2D eigenvalue weighted by molar-refractivity contribution is 5.89. The maximum Gasteiger partial charge on any atom is 0.316 e. The van der Waals surface area contributed by atoms with E-state index in [9.17, 15) is 9.90 Å². The maximum atomic E-state index is 12.1. The lowest BCUT2D eigenvalue weighted by molar-refractivity contribution is 0.0873. The van der Waals surface area contributed by atoms with Gasteiger partial charge in [-0.3, -0.25) is 4.79 Å². The molecule has 1 unspecified atom stereocenters. The second kappa shape index (κ2) is 7.79. The molecular weight excluding hydrogens is 332 g/mol. The molecule has 1 aromatic heterocycles. The van der Waals surface area contributed by atoms with Crippen LogP contribution in [0.3, 0.4) is 0 Å². The normalized spacial score (nSPS) is 11.8. The molecule has 3 aromatic rings. The van der Waals surface area contributed by atoms with Crippen LogP contribution >= 0.6 is 0 Å². The van der Waals surface area contributed by atoms with Crippen LogP contribution in [0.1, 0.15) is 22.4 Å². The Kier molecular flexibility index (Phi) is 5.28. The van der Waals surface area contributed by atoms with Crippen molar-refractivity contribution in [2.45, 2.75) is 6.10 Å². The van der Waals surface area contributed by atoms with Crippen molar-refractivity contribution in [2.75, 3.05) is 25.5 Å². The van der Waals surface area contributed by atoms with Crippen LogP contribution in [-0.4, -0.2) is 41.8 Å². The van der Waals surface area contributed by atoms with Gasteiger partial charge in [0.15, 0.2) is 0 Å². The third kappa shape index (κ3) is 4.07. The van der Waals surface area contributed by atoms with Crippen LogP contribution in [0, 0.1) is 0 Å². The van der Waals surface area contributed by atoms with E-state index in [4.69, 9.17) is 4.52 Å². The van der Waals surface area contributed by atoms with Crippen molar-refractivity contribution in [2.24, 2.45) is 0 Å². The van der Waals surface area contributed by atoms with Gasteiger partial charge in [-0.15, -0.1) is 0 Å². The van der Waals surface area contributed by atoms with Gasteiger partial charge in [0.05, 0.1) is 6.10 Å². The Morgan fingerprint density at radius 1 is 1.15 bits per heavy atom. The number of anilines is 1. The summed E-state index contributed by atoms with van der Waals surface area (Å²) in [6.07, 6.45) is -0.805. The van der Waals surface area contributed by atoms with Crippen LogP contribution < -0.4 is 10.2 Å². The van der Waals surface area contributed by atoms with E-state index >= 15 is 0 Å². The molecule has 0 aliphatic rings. The molecule has 2 aromatic carbocycles. The zero-order chi connectivity index (χ0) is 18.5. The fourth-order valence-electron chi connectivity index (χ4n) is 2.40. The predicted octanol–water partition coefficient (Wildman–Crippen LogP) is 2.27. The van der Waals surface area contributed by atoms with Crippen molar-refractivity contribution in [3.8, 4) is 11.4 Å². The Bertz CT molecular complexity index is 860. The summed E-state index contributed by atoms with van der Waals surface area (Å²) < 4.78 is 5.03. The summed E-state index contributed by atoms with van der Waals surface area (Å²) in [5.74, 6) is -0.329. The molecule has 7 nitrogen and oxygen atoms in total. The van der Waals surface area contributed by atoms with Gasteiger partial charge < -0.3 is 19.8 Å². The number of aromatic nitrogens is 2. The Morgan fingerprint density at radius 2 is 1.85 bits per heavy atom. The quantitative estimate of drug-likeness (QED) is 0.707. The lowest BCUT2D eigenvalue weighted by Gasteiger charge is -2.11. The van der Waals surface area contributed by atoms with Crippen molar-refractivity contribution >= 4 is 11.6 Å². The number of carbonyl (C=O) groups excluding carboxylic acids is 1. The summed E-state index contributed by atoms with van der Waals surface area (Å²) in [4.78, 5) is 18.2. The second-order valence-electron chi connectivity index (χ2n) is 6.00. The van der Waals surface area contributed by atoms with Gasteiger partial charge in [-0.1, -0.05) is 35.5 Å². The Hall–Kier alpha value is -3.19. The number of carbonyl (C=O) groups is 1. The summed E-state index contributed by atoms with van der Waals surface area (Å²) in [6, 6.07) is 16.7. The molecule has 26 heavy (non-hydrogen) atoms. The lowest BCUT2D eigenvalue weighted by Crippen LogP contribution is -2.28. The summed E-state index contributed by atoms with van der Waals surface area (Å²) in [6.45, 7) is 0.0537. The molecule has 1 atom stereocenters. The average Bonchev–Trinajstić information content (AvgIpc) is 3.17. The van der Waals surface area contributed by atoms with Crippen molar-refractivity contribution in [1.29, 1.82) is 0 Å². The van der Waals surface area contributed by atoms with E-state index in [0.29, 0.717) is 5.82 Å². The topological polar surface area (TPSA) is 91.5 Å². The van der Waals surface area contributed by atoms with Crippen LogP contribution in [0.4, 0.5) is 5.69 Å². The van der Waals surface area contributed by atoms with Crippen LogP contribution in [0.25, 0.3) is 11.4 Å². The van der Waals surface area contributed by atoms with E-state index in [0.717, 1.165) is 16.8 Å². The van der Waals surface area contributed by atoms with Gasteiger partial charge >= 0.3 is 11.8 Å². The van der Waals surface area contributed by atoms with E-state index in [2.05, 4.69) is 15.5 Å². The average molecular weight is 352 g/mol. The maximum absolute atomic E-state index is 12.1. The molecular formula is C19H20N4O3. The first-order chi connectivity index (χ1) is 12.5. The largest absolute Gasteiger partial charge is 0.387 e. The number of aliphatic hydroxyl groups excluding tert-OH is 1. The molecule has 0 aliphatic heterocycles. The molecule has 1 heterocycles. The van der Waals surface area contributed by atoms with Crippen LogP contribution in [0.15, 0.2) is 59.1 Å². The zero-order valence-corrected chi connectivity index (χ0v) is 14.6. The van der Waals surface area contributed by atoms with Crippen molar-refractivity contribution in [3.05, 3.63) is 66.1 Å². The van der Waals surface area contributed by atoms with Crippen LogP contribution in [0.5, 0.6) is 0 Å². The van der Waals surface area contributed by atoms with Gasteiger partial charge in [0.1, 0.15) is 0 Å². The van der Waals surface area contributed by atoms with Crippen LogP contribution in [-0.2, 0) is 0 Å². The van der Waals surface area contributed by atoms with E-state index in [1.54, 1.807) is 12.1 Å². The molecule has 3 rings (SSSR count). The summed E-state index contributed by atoms with van der Waals surface area (Å²) >= 11 is 0. The zero-order valence-electron chi connectivity index (χ0n) is 14.6. The molecule has 0 bridgehead atoms. The highest BCUT2D eigenvalue weighted by Crippen LogP contribution is 2.20. The fourth-order valence-corrected chi connectivity index (χ4v) is 2.40. The first-order valence-electron chi connectivity index (χ1n) is 8.17. The third-order valence-electron chi connectivity index (χ3n) is 3.90. The van der Waals surface area contributed by atoms with E-state index in [1.807, 2.05) is 61.5 Å². The number of hydrogen-bond acceptors (Lipinski definition) is 6. The molecule has 0 spiro atoms. The first-order valence-corrected chi connectivity index (χ1v) is 8.17. The Morgan fingerprint density at radius 3 is 2.50 bits per heavy atom. The fraction of sp³-hybridized carbons (Fsp3) is 0.211. The van der Waals surface area contributed by atoms with Gasteiger partial charge in [-0.25, -0.2) is 0 Å². The highest BCUT2D eigenvalue weighted by Gasteiger charge is 2.17. The number of hydrogen-bond donors (Lipinski definition) is 2. The smallest absolute Gasteiger partial charge is 0.316 e. The van der Waals surface area contributed by atoms with Gasteiger partial charge in [0, 0.05) is 31.9 Å². The molecule has 1 amide bonds. The summed E-state index contributed by atoms with van der Waals surface area (Å²) in [7, 11) is 3.91. The molecule has 2 N–H and O–H groups in total. The number of nitrogens with zero attached hydrogens (tertiary/aromatic N) is 3. The summed E-state index contributed by atoms with van der Waals surface area (Å²) in [5, 5.41) is 16.5. The minimum absolute atomic E-state index is 0.0537. The number of nitrogens with one attached hydrogen (secondary N) is 1. The van der Waals surface area contributed by atoms with Gasteiger partial charge in [0.25, 0.3) is 0 Å². The number of benzene rings is 2. The predicted molar refractivity (Wildman–Crippen MR) is 97.8 cm³/mol. The van der Waals surface area contributed by atoms with E-state index < -0.39 is 12.0 Å². The van der Waals surface area contributed by atoms with Gasteiger partial charge in [0.2, 0.25) is 5.82 Å². The first kappa shape index (κ1) is 17.6. The minimum Gasteiger partial charge on any atom is -0.387 e. The standard InChI is InChI=1S/C19H20N4O3/c1-23(2)15-10-8-14(9-11-15)17-21-19(26-22-17)18(25)20-12-16(24)13-6-4-3-5-7-13/h3-11,16,24H,12H2,1-2H3,(H,20,25). The molecule has 0 radical (unpaired) electrons.